The quantitative estimate of drug-likeness (QED) is 0.881. The zero-order valence-electron chi connectivity index (χ0n) is 12.7. The number of rotatable bonds is 2. The van der Waals surface area contributed by atoms with Gasteiger partial charge in [0.25, 0.3) is 5.56 Å². The van der Waals surface area contributed by atoms with E-state index in [1.54, 1.807) is 25.0 Å². The molecule has 0 radical (unpaired) electrons. The number of fused-ring (bicyclic) bond motifs is 1. The van der Waals surface area contributed by atoms with Crippen LogP contribution in [0.3, 0.4) is 0 Å². The van der Waals surface area contributed by atoms with E-state index in [1.165, 1.54) is 11.6 Å². The molecule has 0 saturated carbocycles. The highest BCUT2D eigenvalue weighted by Gasteiger charge is 2.18. The first-order valence-electron chi connectivity index (χ1n) is 7.06. The Morgan fingerprint density at radius 2 is 2.09 bits per heavy atom. The van der Waals surface area contributed by atoms with Gasteiger partial charge < -0.3 is 5.32 Å². The number of thioether (sulfide) groups is 1. The number of aliphatic imine (C=N–C) groups is 1. The highest BCUT2D eigenvalue weighted by molar-refractivity contribution is 8.14. The van der Waals surface area contributed by atoms with E-state index in [1.807, 2.05) is 6.92 Å². The Labute approximate surface area is 131 Å². The Hall–Kier alpha value is -2.09. The molecule has 0 fully saturated rings. The Morgan fingerprint density at radius 1 is 1.32 bits per heavy atom. The van der Waals surface area contributed by atoms with E-state index in [0.29, 0.717) is 16.7 Å². The van der Waals surface area contributed by atoms with Crippen molar-refractivity contribution in [1.29, 1.82) is 0 Å². The molecule has 0 aromatic carbocycles. The fourth-order valence-electron chi connectivity index (χ4n) is 2.50. The molecular weight excluding hydrogens is 302 g/mol. The molecule has 0 bridgehead atoms. The molecule has 1 aliphatic heterocycles. The standard InChI is InChI=1S/C14H17N5O2S/c1-4-8-7-16-11-9(10(8)17-13-15-5-6-22-13)12(20)19(3)14(21)18(11)2/h7H,4-6H2,1-3H3,(H,15,16,17). The van der Waals surface area contributed by atoms with Crippen molar-refractivity contribution in [2.24, 2.45) is 19.1 Å². The predicted octanol–water partition coefficient (Wildman–Crippen LogP) is 0.709. The van der Waals surface area contributed by atoms with E-state index in [4.69, 9.17) is 0 Å². The van der Waals surface area contributed by atoms with E-state index >= 15 is 0 Å². The number of nitrogens with zero attached hydrogens (tertiary/aromatic N) is 4. The molecule has 0 aliphatic carbocycles. The summed E-state index contributed by atoms with van der Waals surface area (Å²) in [5.74, 6) is 0.934. The maximum absolute atomic E-state index is 12.6. The van der Waals surface area contributed by atoms with Crippen LogP contribution in [0, 0.1) is 0 Å². The first-order chi connectivity index (χ1) is 10.5. The van der Waals surface area contributed by atoms with Crippen LogP contribution in [0.2, 0.25) is 0 Å². The number of hydrogen-bond acceptors (Lipinski definition) is 6. The monoisotopic (exact) mass is 319 g/mol. The lowest BCUT2D eigenvalue weighted by molar-refractivity contribution is 0.707. The molecule has 0 unspecified atom stereocenters. The smallest absolute Gasteiger partial charge is 0.332 e. The van der Waals surface area contributed by atoms with Gasteiger partial charge in [0.1, 0.15) is 5.39 Å². The van der Waals surface area contributed by atoms with E-state index in [2.05, 4.69) is 15.3 Å². The van der Waals surface area contributed by atoms with Gasteiger partial charge in [-0.1, -0.05) is 18.7 Å². The van der Waals surface area contributed by atoms with Crippen molar-refractivity contribution in [3.63, 3.8) is 0 Å². The van der Waals surface area contributed by atoms with Crippen molar-refractivity contribution in [3.05, 3.63) is 32.6 Å². The van der Waals surface area contributed by atoms with Gasteiger partial charge in [-0.25, -0.2) is 9.78 Å². The second kappa shape index (κ2) is 5.60. The molecule has 8 heteroatoms. The zero-order valence-corrected chi connectivity index (χ0v) is 13.5. The second-order valence-corrected chi connectivity index (χ2v) is 6.16. The van der Waals surface area contributed by atoms with Crippen molar-refractivity contribution in [2.45, 2.75) is 13.3 Å². The van der Waals surface area contributed by atoms with Crippen LogP contribution in [-0.2, 0) is 20.5 Å². The molecule has 0 spiro atoms. The summed E-state index contributed by atoms with van der Waals surface area (Å²) in [7, 11) is 3.10. The van der Waals surface area contributed by atoms with Gasteiger partial charge in [0.05, 0.1) is 12.2 Å². The minimum atomic E-state index is -0.382. The number of aryl methyl sites for hydroxylation is 2. The summed E-state index contributed by atoms with van der Waals surface area (Å²) in [6.45, 7) is 2.78. The SMILES string of the molecule is CCc1cnc2c(c1NC1=NCCS1)c(=O)n(C)c(=O)n2C. The van der Waals surface area contributed by atoms with Gasteiger partial charge in [-0.2, -0.15) is 0 Å². The van der Waals surface area contributed by atoms with E-state index in [0.717, 1.165) is 34.0 Å². The fourth-order valence-corrected chi connectivity index (χ4v) is 3.23. The summed E-state index contributed by atoms with van der Waals surface area (Å²) in [4.78, 5) is 33.3. The molecule has 3 heterocycles. The van der Waals surface area contributed by atoms with Gasteiger partial charge in [-0.3, -0.25) is 18.9 Å². The third-order valence-corrected chi connectivity index (χ3v) is 4.64. The number of amidine groups is 1. The Bertz CT molecular complexity index is 897. The average Bonchev–Trinajstić information content (AvgIpc) is 3.03. The van der Waals surface area contributed by atoms with Crippen LogP contribution < -0.4 is 16.6 Å². The van der Waals surface area contributed by atoms with E-state index in [9.17, 15) is 9.59 Å². The van der Waals surface area contributed by atoms with Crippen molar-refractivity contribution < 1.29 is 0 Å². The number of anilines is 1. The van der Waals surface area contributed by atoms with Crippen molar-refractivity contribution in [3.8, 4) is 0 Å². The average molecular weight is 319 g/mol. The first kappa shape index (κ1) is 14.8. The van der Waals surface area contributed by atoms with Gasteiger partial charge in [0.15, 0.2) is 10.8 Å². The molecule has 1 N–H and O–H groups in total. The van der Waals surface area contributed by atoms with Gasteiger partial charge in [0.2, 0.25) is 0 Å². The Balaban J connectivity index is 2.36. The molecule has 7 nitrogen and oxygen atoms in total. The van der Waals surface area contributed by atoms with Gasteiger partial charge in [-0.15, -0.1) is 0 Å². The van der Waals surface area contributed by atoms with Crippen molar-refractivity contribution in [2.75, 3.05) is 17.6 Å². The van der Waals surface area contributed by atoms with Crippen LogP contribution >= 0.6 is 11.8 Å². The molecule has 1 aliphatic rings. The van der Waals surface area contributed by atoms with Gasteiger partial charge in [0, 0.05) is 26.0 Å². The summed E-state index contributed by atoms with van der Waals surface area (Å²) in [6.07, 6.45) is 2.44. The minimum absolute atomic E-state index is 0.341. The van der Waals surface area contributed by atoms with Crippen LogP contribution in [0.4, 0.5) is 5.69 Å². The zero-order chi connectivity index (χ0) is 15.9. The topological polar surface area (TPSA) is 81.3 Å². The Morgan fingerprint density at radius 3 is 2.73 bits per heavy atom. The summed E-state index contributed by atoms with van der Waals surface area (Å²) >= 11 is 1.62. The fraction of sp³-hybridized carbons (Fsp3) is 0.429. The lowest BCUT2D eigenvalue weighted by atomic mass is 10.1. The highest BCUT2D eigenvalue weighted by atomic mass is 32.2. The number of aromatic nitrogens is 3. The summed E-state index contributed by atoms with van der Waals surface area (Å²) in [5, 5.41) is 4.50. The van der Waals surface area contributed by atoms with Crippen LogP contribution in [0.25, 0.3) is 11.0 Å². The molecular formula is C14H17N5O2S. The molecule has 2 aromatic rings. The second-order valence-electron chi connectivity index (χ2n) is 5.08. The molecule has 116 valence electrons. The molecule has 22 heavy (non-hydrogen) atoms. The van der Waals surface area contributed by atoms with Crippen LogP contribution in [-0.4, -0.2) is 31.6 Å². The van der Waals surface area contributed by atoms with Crippen LogP contribution in [0.15, 0.2) is 20.8 Å². The van der Waals surface area contributed by atoms with Gasteiger partial charge >= 0.3 is 5.69 Å². The highest BCUT2D eigenvalue weighted by Crippen LogP contribution is 2.25. The lowest BCUT2D eigenvalue weighted by Gasteiger charge is -2.15. The van der Waals surface area contributed by atoms with E-state index in [-0.39, 0.29) is 11.2 Å². The molecule has 0 atom stereocenters. The van der Waals surface area contributed by atoms with Gasteiger partial charge in [-0.05, 0) is 12.0 Å². The summed E-state index contributed by atoms with van der Waals surface area (Å²) in [5.41, 5.74) is 1.30. The lowest BCUT2D eigenvalue weighted by Crippen LogP contribution is -2.37. The normalized spacial score (nSPS) is 14.4. The summed E-state index contributed by atoms with van der Waals surface area (Å²) < 4.78 is 2.50. The summed E-state index contributed by atoms with van der Waals surface area (Å²) in [6, 6.07) is 0. The predicted molar refractivity (Wildman–Crippen MR) is 90.0 cm³/mol. The van der Waals surface area contributed by atoms with Crippen LogP contribution in [0.5, 0.6) is 0 Å². The maximum Gasteiger partial charge on any atom is 0.332 e. The molecule has 0 saturated heterocycles. The van der Waals surface area contributed by atoms with Crippen molar-refractivity contribution >= 4 is 33.7 Å². The van der Waals surface area contributed by atoms with Crippen molar-refractivity contribution in [1.82, 2.24) is 14.1 Å². The third kappa shape index (κ3) is 2.23. The van der Waals surface area contributed by atoms with Crippen LogP contribution in [0.1, 0.15) is 12.5 Å². The molecule has 2 aromatic heterocycles. The minimum Gasteiger partial charge on any atom is -0.334 e. The molecule has 0 amide bonds. The van der Waals surface area contributed by atoms with E-state index < -0.39 is 0 Å². The number of nitrogens with one attached hydrogen (secondary N) is 1. The maximum atomic E-state index is 12.6. The third-order valence-electron chi connectivity index (χ3n) is 3.75. The largest absolute Gasteiger partial charge is 0.334 e. The molecule has 3 rings (SSSR count). The first-order valence-corrected chi connectivity index (χ1v) is 8.05. The Kier molecular flexibility index (Phi) is 3.78. The number of hydrogen-bond donors (Lipinski definition) is 1. The number of pyridine rings is 1.